The average molecular weight is 421 g/mol. The number of para-hydroxylation sites is 1. The van der Waals surface area contributed by atoms with Crippen molar-refractivity contribution in [3.8, 4) is 11.5 Å². The highest BCUT2D eigenvalue weighted by Crippen LogP contribution is 2.24. The van der Waals surface area contributed by atoms with Crippen molar-refractivity contribution >= 4 is 28.8 Å². The summed E-state index contributed by atoms with van der Waals surface area (Å²) in [4.78, 5) is 21.4. The van der Waals surface area contributed by atoms with Crippen LogP contribution < -0.4 is 5.32 Å². The van der Waals surface area contributed by atoms with Crippen molar-refractivity contribution in [2.45, 2.75) is 6.92 Å². The average Bonchev–Trinajstić information content (AvgIpc) is 3.42. The molecule has 0 saturated carbocycles. The first kappa shape index (κ1) is 19.4. The lowest BCUT2D eigenvalue weighted by molar-refractivity contribution is -0.111. The van der Waals surface area contributed by atoms with Gasteiger partial charge in [-0.3, -0.25) is 4.79 Å². The summed E-state index contributed by atoms with van der Waals surface area (Å²) in [5.41, 5.74) is 3.23. The molecule has 8 nitrogen and oxygen atoms in total. The molecule has 0 saturated heterocycles. The Hall–Kier alpha value is -4.59. The highest BCUT2D eigenvalue weighted by Gasteiger charge is 2.17. The Morgan fingerprint density at radius 3 is 2.50 bits per heavy atom. The van der Waals surface area contributed by atoms with E-state index in [0.717, 1.165) is 22.3 Å². The Balaban J connectivity index is 1.49. The van der Waals surface area contributed by atoms with Crippen molar-refractivity contribution in [2.24, 2.45) is 0 Å². The van der Waals surface area contributed by atoms with Crippen LogP contribution >= 0.6 is 0 Å². The van der Waals surface area contributed by atoms with Crippen molar-refractivity contribution in [1.82, 2.24) is 29.5 Å². The summed E-state index contributed by atoms with van der Waals surface area (Å²) in [5, 5.41) is 12.6. The van der Waals surface area contributed by atoms with Gasteiger partial charge in [-0.2, -0.15) is 14.9 Å². The van der Waals surface area contributed by atoms with Crippen LogP contribution in [0.1, 0.15) is 11.3 Å². The number of nitrogens with one attached hydrogen (secondary N) is 1. The highest BCUT2D eigenvalue weighted by atomic mass is 16.1. The number of carbonyl (C=O) groups is 1. The van der Waals surface area contributed by atoms with Crippen LogP contribution in [0.25, 0.3) is 28.6 Å². The van der Waals surface area contributed by atoms with E-state index in [2.05, 4.69) is 25.5 Å². The van der Waals surface area contributed by atoms with E-state index in [1.165, 1.54) is 12.4 Å². The fourth-order valence-electron chi connectivity index (χ4n) is 3.41. The molecule has 1 amide bonds. The second-order valence-corrected chi connectivity index (χ2v) is 7.14. The second kappa shape index (κ2) is 8.27. The molecule has 0 aliphatic heterocycles. The summed E-state index contributed by atoms with van der Waals surface area (Å²) in [5.74, 6) is 0.783. The Morgan fingerprint density at radius 1 is 0.969 bits per heavy atom. The van der Waals surface area contributed by atoms with Gasteiger partial charge in [0.1, 0.15) is 12.1 Å². The molecule has 0 atom stereocenters. The van der Waals surface area contributed by atoms with E-state index in [-0.39, 0.29) is 5.91 Å². The number of amides is 1. The van der Waals surface area contributed by atoms with E-state index in [0.29, 0.717) is 17.3 Å². The fourth-order valence-corrected chi connectivity index (χ4v) is 3.41. The van der Waals surface area contributed by atoms with E-state index in [4.69, 9.17) is 0 Å². The van der Waals surface area contributed by atoms with Crippen LogP contribution in [0.2, 0.25) is 0 Å². The standard InChI is InChI=1S/C24H19N7O/c1-17-14-21(28-22(32)13-12-18-8-4-2-5-9-18)31(29-17)24-20-15-27-30(23(20)25-16-26-24)19-10-6-3-7-11-19/h2-16H,1H3,(H,28,32). The van der Waals surface area contributed by atoms with E-state index in [9.17, 15) is 4.79 Å². The maximum Gasteiger partial charge on any atom is 0.249 e. The minimum atomic E-state index is -0.264. The SMILES string of the molecule is Cc1cc(NC(=O)C=Cc2ccccc2)n(-c2ncnc3c2cnn3-c2ccccc2)n1. The van der Waals surface area contributed by atoms with Crippen LogP contribution in [0.5, 0.6) is 0 Å². The van der Waals surface area contributed by atoms with Crippen molar-refractivity contribution in [2.75, 3.05) is 5.32 Å². The minimum Gasteiger partial charge on any atom is -0.307 e. The smallest absolute Gasteiger partial charge is 0.249 e. The van der Waals surface area contributed by atoms with Crippen molar-refractivity contribution in [3.05, 3.63) is 96.6 Å². The summed E-state index contributed by atoms with van der Waals surface area (Å²) >= 11 is 0. The molecule has 32 heavy (non-hydrogen) atoms. The van der Waals surface area contributed by atoms with Gasteiger partial charge in [0.2, 0.25) is 5.91 Å². The molecule has 0 fully saturated rings. The monoisotopic (exact) mass is 421 g/mol. The zero-order valence-electron chi connectivity index (χ0n) is 17.3. The third-order valence-electron chi connectivity index (χ3n) is 4.86. The Bertz CT molecular complexity index is 1420. The van der Waals surface area contributed by atoms with Gasteiger partial charge >= 0.3 is 0 Å². The maximum absolute atomic E-state index is 12.5. The van der Waals surface area contributed by atoms with Crippen molar-refractivity contribution in [3.63, 3.8) is 0 Å². The Labute approximate surface area is 183 Å². The molecule has 2 aromatic carbocycles. The zero-order valence-corrected chi connectivity index (χ0v) is 17.3. The first-order valence-electron chi connectivity index (χ1n) is 10.0. The minimum absolute atomic E-state index is 0.264. The normalized spacial score (nSPS) is 11.3. The molecule has 1 N–H and O–H groups in total. The summed E-state index contributed by atoms with van der Waals surface area (Å²) in [6.07, 6.45) is 6.42. The topological polar surface area (TPSA) is 90.5 Å². The summed E-state index contributed by atoms with van der Waals surface area (Å²) in [6, 6.07) is 21.2. The molecule has 0 aliphatic carbocycles. The van der Waals surface area contributed by atoms with Crippen molar-refractivity contribution in [1.29, 1.82) is 0 Å². The second-order valence-electron chi connectivity index (χ2n) is 7.14. The van der Waals surface area contributed by atoms with Crippen LogP contribution in [-0.2, 0) is 4.79 Å². The molecule has 3 heterocycles. The predicted molar refractivity (Wildman–Crippen MR) is 123 cm³/mol. The van der Waals surface area contributed by atoms with Crippen LogP contribution in [0.15, 0.2) is 85.3 Å². The van der Waals surface area contributed by atoms with Crippen LogP contribution in [0, 0.1) is 6.92 Å². The number of nitrogens with zero attached hydrogens (tertiary/aromatic N) is 6. The molecule has 5 aromatic rings. The molecule has 8 heteroatoms. The Kier molecular flexibility index (Phi) is 5.01. The number of benzene rings is 2. The van der Waals surface area contributed by atoms with Gasteiger partial charge in [-0.05, 0) is 30.7 Å². The Morgan fingerprint density at radius 2 is 1.72 bits per heavy atom. The number of rotatable bonds is 5. The first-order chi connectivity index (χ1) is 15.7. The van der Waals surface area contributed by atoms with Gasteiger partial charge in [0.25, 0.3) is 0 Å². The van der Waals surface area contributed by atoms with Crippen LogP contribution in [-0.4, -0.2) is 35.4 Å². The van der Waals surface area contributed by atoms with Gasteiger partial charge in [-0.1, -0.05) is 48.5 Å². The summed E-state index contributed by atoms with van der Waals surface area (Å²) in [6.45, 7) is 1.86. The lowest BCUT2D eigenvalue weighted by Gasteiger charge is -2.08. The number of fused-ring (bicyclic) bond motifs is 1. The number of hydrogen-bond donors (Lipinski definition) is 1. The molecule has 0 bridgehead atoms. The fraction of sp³-hybridized carbons (Fsp3) is 0.0417. The van der Waals surface area contributed by atoms with Gasteiger partial charge in [-0.25, -0.2) is 14.6 Å². The van der Waals surface area contributed by atoms with Crippen LogP contribution in [0.3, 0.4) is 0 Å². The lowest BCUT2D eigenvalue weighted by Crippen LogP contribution is -2.13. The lowest BCUT2D eigenvalue weighted by atomic mass is 10.2. The van der Waals surface area contributed by atoms with Gasteiger partial charge in [-0.15, -0.1) is 0 Å². The number of anilines is 1. The molecule has 0 spiro atoms. The van der Waals surface area contributed by atoms with E-state index < -0.39 is 0 Å². The molecule has 3 aromatic heterocycles. The number of aromatic nitrogens is 6. The van der Waals surface area contributed by atoms with E-state index >= 15 is 0 Å². The molecule has 5 rings (SSSR count). The summed E-state index contributed by atoms with van der Waals surface area (Å²) < 4.78 is 3.35. The zero-order chi connectivity index (χ0) is 21.9. The number of aryl methyl sites for hydroxylation is 1. The third kappa shape index (κ3) is 3.77. The first-order valence-corrected chi connectivity index (χ1v) is 10.0. The third-order valence-corrected chi connectivity index (χ3v) is 4.86. The maximum atomic E-state index is 12.5. The number of carbonyl (C=O) groups excluding carboxylic acids is 1. The molecule has 0 aliphatic rings. The van der Waals surface area contributed by atoms with E-state index in [1.807, 2.05) is 67.6 Å². The molecule has 0 radical (unpaired) electrons. The van der Waals surface area contributed by atoms with Gasteiger partial charge < -0.3 is 5.32 Å². The molecular weight excluding hydrogens is 402 g/mol. The number of hydrogen-bond acceptors (Lipinski definition) is 5. The quantitative estimate of drug-likeness (QED) is 0.434. The van der Waals surface area contributed by atoms with Gasteiger partial charge in [0.05, 0.1) is 23.0 Å². The van der Waals surface area contributed by atoms with Gasteiger partial charge in [0.15, 0.2) is 11.5 Å². The predicted octanol–water partition coefficient (Wildman–Crippen LogP) is 3.96. The summed E-state index contributed by atoms with van der Waals surface area (Å²) in [7, 11) is 0. The van der Waals surface area contributed by atoms with E-state index in [1.54, 1.807) is 27.7 Å². The van der Waals surface area contributed by atoms with Gasteiger partial charge in [0, 0.05) is 12.1 Å². The highest BCUT2D eigenvalue weighted by molar-refractivity contribution is 6.01. The molecule has 0 unspecified atom stereocenters. The van der Waals surface area contributed by atoms with Crippen LogP contribution in [0.4, 0.5) is 5.82 Å². The molecule has 156 valence electrons. The molecular formula is C24H19N7O. The van der Waals surface area contributed by atoms with Crippen molar-refractivity contribution < 1.29 is 4.79 Å². The largest absolute Gasteiger partial charge is 0.307 e.